The molecule has 2 saturated carbocycles. The summed E-state index contributed by atoms with van der Waals surface area (Å²) >= 11 is 0. The number of aromatic nitrogens is 1. The van der Waals surface area contributed by atoms with Crippen LogP contribution in [0.15, 0.2) is 9.42 Å². The van der Waals surface area contributed by atoms with Crippen molar-refractivity contribution in [1.82, 2.24) is 14.8 Å². The number of sulfonamides is 1. The lowest BCUT2D eigenvalue weighted by Crippen LogP contribution is -2.45. The molecule has 140 valence electrons. The van der Waals surface area contributed by atoms with Gasteiger partial charge >= 0.3 is 0 Å². The van der Waals surface area contributed by atoms with E-state index in [4.69, 9.17) is 4.52 Å². The predicted octanol–water partition coefficient (Wildman–Crippen LogP) is 1.85. The summed E-state index contributed by atoms with van der Waals surface area (Å²) in [5.74, 6) is 2.02. The fraction of sp³-hybridized carbons (Fsp3) is 0.765. The highest BCUT2D eigenvalue weighted by atomic mass is 32.2. The predicted molar refractivity (Wildman–Crippen MR) is 92.3 cm³/mol. The fourth-order valence-corrected chi connectivity index (χ4v) is 6.01. The standard InChI is InChI=1S/C17H27N3O4S/c1-10(15-8-13-5-6-14(15)7-13)18-16(21)9-20(4)25(22,23)17-11(2)19-24-12(17)3/h10,13-15H,5-9H2,1-4H3,(H,18,21). The number of rotatable bonds is 6. The summed E-state index contributed by atoms with van der Waals surface area (Å²) in [6.07, 6.45) is 5.04. The summed E-state index contributed by atoms with van der Waals surface area (Å²) in [6, 6.07) is 0.0815. The van der Waals surface area contributed by atoms with Gasteiger partial charge in [-0.3, -0.25) is 4.79 Å². The summed E-state index contributed by atoms with van der Waals surface area (Å²) in [5.41, 5.74) is 0.306. The molecule has 3 rings (SSSR count). The van der Waals surface area contributed by atoms with Crippen molar-refractivity contribution in [3.8, 4) is 0 Å². The second-order valence-electron chi connectivity index (χ2n) is 7.61. The molecule has 7 nitrogen and oxygen atoms in total. The van der Waals surface area contributed by atoms with Gasteiger partial charge in [-0.25, -0.2) is 8.42 Å². The Balaban J connectivity index is 1.60. The molecular formula is C17H27N3O4S. The molecule has 25 heavy (non-hydrogen) atoms. The van der Waals surface area contributed by atoms with Gasteiger partial charge in [-0.15, -0.1) is 0 Å². The van der Waals surface area contributed by atoms with Gasteiger partial charge in [-0.1, -0.05) is 11.6 Å². The molecule has 0 spiro atoms. The van der Waals surface area contributed by atoms with E-state index in [-0.39, 0.29) is 29.1 Å². The largest absolute Gasteiger partial charge is 0.360 e. The zero-order chi connectivity index (χ0) is 18.4. The lowest BCUT2D eigenvalue weighted by molar-refractivity contribution is -0.122. The number of nitrogens with zero attached hydrogens (tertiary/aromatic N) is 2. The average molecular weight is 369 g/mol. The minimum atomic E-state index is -3.80. The van der Waals surface area contributed by atoms with Crippen molar-refractivity contribution in [2.45, 2.75) is 57.4 Å². The fourth-order valence-electron chi connectivity index (χ4n) is 4.60. The van der Waals surface area contributed by atoms with Crippen LogP contribution < -0.4 is 5.32 Å². The molecule has 1 aromatic rings. The molecule has 8 heteroatoms. The summed E-state index contributed by atoms with van der Waals surface area (Å²) in [4.78, 5) is 12.4. The number of carbonyl (C=O) groups is 1. The van der Waals surface area contributed by atoms with Crippen LogP contribution in [0.25, 0.3) is 0 Å². The Labute approximate surface area is 149 Å². The molecule has 1 N–H and O–H groups in total. The molecule has 1 aromatic heterocycles. The number of aryl methyl sites for hydroxylation is 2. The Morgan fingerprint density at radius 2 is 2.08 bits per heavy atom. The highest BCUT2D eigenvalue weighted by Gasteiger charge is 2.42. The van der Waals surface area contributed by atoms with E-state index in [0.717, 1.165) is 10.2 Å². The molecule has 2 aliphatic carbocycles. The lowest BCUT2D eigenvalue weighted by atomic mass is 9.84. The first-order valence-corrected chi connectivity index (χ1v) is 10.3. The van der Waals surface area contributed by atoms with Crippen LogP contribution in [0.3, 0.4) is 0 Å². The van der Waals surface area contributed by atoms with E-state index in [1.807, 2.05) is 6.92 Å². The summed E-state index contributed by atoms with van der Waals surface area (Å²) in [6.45, 7) is 4.95. The molecule has 2 fully saturated rings. The highest BCUT2D eigenvalue weighted by Crippen LogP contribution is 2.49. The van der Waals surface area contributed by atoms with Crippen molar-refractivity contribution in [2.75, 3.05) is 13.6 Å². The lowest BCUT2D eigenvalue weighted by Gasteiger charge is -2.29. The molecule has 2 bridgehead atoms. The zero-order valence-electron chi connectivity index (χ0n) is 15.3. The van der Waals surface area contributed by atoms with E-state index < -0.39 is 10.0 Å². The van der Waals surface area contributed by atoms with Gasteiger partial charge in [0, 0.05) is 13.1 Å². The van der Waals surface area contributed by atoms with Crippen molar-refractivity contribution < 1.29 is 17.7 Å². The van der Waals surface area contributed by atoms with Crippen molar-refractivity contribution in [3.63, 3.8) is 0 Å². The minimum absolute atomic E-state index is 0.0453. The molecular weight excluding hydrogens is 342 g/mol. The minimum Gasteiger partial charge on any atom is -0.360 e. The SMILES string of the molecule is Cc1noc(C)c1S(=O)(=O)N(C)CC(=O)NC(C)C1CC2CCC1C2. The van der Waals surface area contributed by atoms with Crippen LogP contribution >= 0.6 is 0 Å². The Morgan fingerprint density at radius 1 is 1.36 bits per heavy atom. The first kappa shape index (κ1) is 18.4. The normalized spacial score (nSPS) is 27.0. The Morgan fingerprint density at radius 3 is 2.60 bits per heavy atom. The first-order chi connectivity index (χ1) is 11.7. The van der Waals surface area contributed by atoms with E-state index in [9.17, 15) is 13.2 Å². The van der Waals surface area contributed by atoms with E-state index >= 15 is 0 Å². The van der Waals surface area contributed by atoms with Crippen molar-refractivity contribution in [1.29, 1.82) is 0 Å². The second-order valence-corrected chi connectivity index (χ2v) is 9.59. The van der Waals surface area contributed by atoms with Gasteiger partial charge < -0.3 is 9.84 Å². The molecule has 1 heterocycles. The van der Waals surface area contributed by atoms with Crippen molar-refractivity contribution in [2.24, 2.45) is 17.8 Å². The highest BCUT2D eigenvalue weighted by molar-refractivity contribution is 7.89. The third-order valence-corrected chi connectivity index (χ3v) is 7.87. The third kappa shape index (κ3) is 3.46. The van der Waals surface area contributed by atoms with Crippen molar-refractivity contribution >= 4 is 15.9 Å². The van der Waals surface area contributed by atoms with Gasteiger partial charge in [-0.05, 0) is 57.8 Å². The molecule has 0 aliphatic heterocycles. The van der Waals surface area contributed by atoms with Gasteiger partial charge in [0.2, 0.25) is 15.9 Å². The van der Waals surface area contributed by atoms with Crippen LogP contribution in [-0.4, -0.2) is 43.4 Å². The Hall–Kier alpha value is -1.41. The first-order valence-electron chi connectivity index (χ1n) is 8.88. The number of hydrogen-bond donors (Lipinski definition) is 1. The number of likely N-dealkylation sites (N-methyl/N-ethyl adjacent to an activating group) is 1. The van der Waals surface area contributed by atoms with Crippen LogP contribution in [0.2, 0.25) is 0 Å². The Kier molecular flexibility index (Phi) is 4.94. The van der Waals surface area contributed by atoms with Crippen LogP contribution in [0, 0.1) is 31.6 Å². The zero-order valence-corrected chi connectivity index (χ0v) is 16.1. The van der Waals surface area contributed by atoms with Gasteiger partial charge in [0.1, 0.15) is 10.6 Å². The maximum absolute atomic E-state index is 12.7. The van der Waals surface area contributed by atoms with Gasteiger partial charge in [0.25, 0.3) is 0 Å². The summed E-state index contributed by atoms with van der Waals surface area (Å²) < 4.78 is 31.3. The van der Waals surface area contributed by atoms with E-state index in [0.29, 0.717) is 17.5 Å². The van der Waals surface area contributed by atoms with Gasteiger partial charge in [-0.2, -0.15) is 4.31 Å². The second kappa shape index (κ2) is 6.72. The third-order valence-electron chi connectivity index (χ3n) is 5.83. The van der Waals surface area contributed by atoms with Crippen molar-refractivity contribution in [3.05, 3.63) is 11.5 Å². The van der Waals surface area contributed by atoms with Gasteiger partial charge in [0.15, 0.2) is 5.76 Å². The van der Waals surface area contributed by atoms with E-state index in [1.54, 1.807) is 13.8 Å². The molecule has 0 saturated heterocycles. The smallest absolute Gasteiger partial charge is 0.248 e. The molecule has 0 aromatic carbocycles. The van der Waals surface area contributed by atoms with Crippen LogP contribution in [-0.2, 0) is 14.8 Å². The maximum Gasteiger partial charge on any atom is 0.248 e. The van der Waals surface area contributed by atoms with Gasteiger partial charge in [0.05, 0.1) is 6.54 Å². The number of amides is 1. The quantitative estimate of drug-likeness (QED) is 0.826. The average Bonchev–Trinajstić information content (AvgIpc) is 3.22. The van der Waals surface area contributed by atoms with Crippen LogP contribution in [0.1, 0.15) is 44.1 Å². The maximum atomic E-state index is 12.7. The summed E-state index contributed by atoms with van der Waals surface area (Å²) in [5, 5.41) is 6.69. The molecule has 0 radical (unpaired) electrons. The number of hydrogen-bond acceptors (Lipinski definition) is 5. The molecule has 4 unspecified atom stereocenters. The molecule has 1 amide bonds. The molecule has 4 atom stereocenters. The molecule has 2 aliphatic rings. The number of nitrogens with one attached hydrogen (secondary N) is 1. The van der Waals surface area contributed by atoms with E-state index in [1.165, 1.54) is 32.7 Å². The number of fused-ring (bicyclic) bond motifs is 2. The van der Waals surface area contributed by atoms with Crippen LogP contribution in [0.4, 0.5) is 0 Å². The summed E-state index contributed by atoms with van der Waals surface area (Å²) in [7, 11) is -2.39. The van der Waals surface area contributed by atoms with Crippen LogP contribution in [0.5, 0.6) is 0 Å². The number of carbonyl (C=O) groups excluding carboxylic acids is 1. The van der Waals surface area contributed by atoms with E-state index in [2.05, 4.69) is 10.5 Å². The topological polar surface area (TPSA) is 92.5 Å². The Bertz CT molecular complexity index is 738. The monoisotopic (exact) mass is 369 g/mol.